The summed E-state index contributed by atoms with van der Waals surface area (Å²) in [5.41, 5.74) is 5.07. The third-order valence-electron chi connectivity index (χ3n) is 4.50. The third kappa shape index (κ3) is 2.31. The van der Waals surface area contributed by atoms with E-state index in [-0.39, 0.29) is 6.04 Å². The molecule has 0 unspecified atom stereocenters. The molecule has 3 aromatic rings. The van der Waals surface area contributed by atoms with Gasteiger partial charge in [-0.2, -0.15) is 5.10 Å². The van der Waals surface area contributed by atoms with E-state index in [1.807, 2.05) is 54.9 Å². The molecule has 0 aliphatic carbocycles. The number of hydrogen-bond acceptors (Lipinski definition) is 3. The summed E-state index contributed by atoms with van der Waals surface area (Å²) in [7, 11) is 0. The Bertz CT molecular complexity index is 925. The zero-order valence-corrected chi connectivity index (χ0v) is 13.8. The first kappa shape index (κ1) is 14.7. The summed E-state index contributed by atoms with van der Waals surface area (Å²) in [5, 5.41) is 15.0. The Hall–Kier alpha value is -2.88. The van der Waals surface area contributed by atoms with Crippen LogP contribution in [0, 0.1) is 6.92 Å². The van der Waals surface area contributed by atoms with Crippen molar-refractivity contribution in [3.8, 4) is 16.9 Å². The summed E-state index contributed by atoms with van der Waals surface area (Å²) in [6, 6.07) is 17.7. The minimum absolute atomic E-state index is 0.0325. The fourth-order valence-corrected chi connectivity index (χ4v) is 3.41. The summed E-state index contributed by atoms with van der Waals surface area (Å²) in [5.74, 6) is 1.17. The number of aliphatic imine (C=N–C) groups is 1. The van der Waals surface area contributed by atoms with E-state index in [1.54, 1.807) is 6.07 Å². The van der Waals surface area contributed by atoms with Crippen LogP contribution in [-0.2, 0) is 0 Å². The van der Waals surface area contributed by atoms with E-state index in [1.165, 1.54) is 0 Å². The van der Waals surface area contributed by atoms with E-state index >= 15 is 0 Å². The van der Waals surface area contributed by atoms with Crippen LogP contribution in [0.3, 0.4) is 0 Å². The molecule has 120 valence electrons. The number of rotatable bonds is 2. The highest BCUT2D eigenvalue weighted by atomic mass is 16.3. The SMILES string of the molecule is CC1=Nc2c(-c3ccccc3)c(C)nn2[C@H](c2ccccc2O)C1. The molecular weight excluding hydrogens is 298 g/mol. The van der Waals surface area contributed by atoms with Crippen LogP contribution in [0.5, 0.6) is 5.75 Å². The minimum atomic E-state index is -0.0325. The number of aromatic nitrogens is 2. The molecule has 0 radical (unpaired) electrons. The summed E-state index contributed by atoms with van der Waals surface area (Å²) in [6.07, 6.45) is 0.750. The summed E-state index contributed by atoms with van der Waals surface area (Å²) >= 11 is 0. The van der Waals surface area contributed by atoms with Crippen LogP contribution >= 0.6 is 0 Å². The van der Waals surface area contributed by atoms with E-state index < -0.39 is 0 Å². The summed E-state index contributed by atoms with van der Waals surface area (Å²) in [6.45, 7) is 4.05. The molecule has 1 aliphatic heterocycles. The summed E-state index contributed by atoms with van der Waals surface area (Å²) in [4.78, 5) is 4.78. The Morgan fingerprint density at radius 2 is 1.71 bits per heavy atom. The van der Waals surface area contributed by atoms with Crippen molar-refractivity contribution in [3.63, 3.8) is 0 Å². The molecule has 1 N–H and O–H groups in total. The predicted octanol–water partition coefficient (Wildman–Crippen LogP) is 4.65. The fourth-order valence-electron chi connectivity index (χ4n) is 3.41. The molecule has 0 amide bonds. The molecule has 1 atom stereocenters. The fraction of sp³-hybridized carbons (Fsp3) is 0.200. The number of phenols is 1. The first-order valence-corrected chi connectivity index (χ1v) is 8.11. The molecule has 0 saturated carbocycles. The highest BCUT2D eigenvalue weighted by Gasteiger charge is 2.28. The van der Waals surface area contributed by atoms with Gasteiger partial charge in [0.2, 0.25) is 0 Å². The lowest BCUT2D eigenvalue weighted by Gasteiger charge is -2.24. The lowest BCUT2D eigenvalue weighted by molar-refractivity contribution is 0.443. The lowest BCUT2D eigenvalue weighted by atomic mass is 9.98. The van der Waals surface area contributed by atoms with Gasteiger partial charge < -0.3 is 5.11 Å². The van der Waals surface area contributed by atoms with Gasteiger partial charge in [0, 0.05) is 23.3 Å². The standard InChI is InChI=1S/C20H19N3O/c1-13-12-17(16-10-6-7-11-18(16)24)23-20(21-13)19(14(2)22-23)15-8-4-3-5-9-15/h3-11,17,24H,12H2,1-2H3/t17-/m0/s1. The maximum absolute atomic E-state index is 10.3. The number of nitrogens with zero attached hydrogens (tertiary/aromatic N) is 3. The number of aromatic hydroxyl groups is 1. The van der Waals surface area contributed by atoms with Crippen LogP contribution in [-0.4, -0.2) is 20.6 Å². The highest BCUT2D eigenvalue weighted by molar-refractivity contribution is 5.90. The summed E-state index contributed by atoms with van der Waals surface area (Å²) < 4.78 is 1.96. The second kappa shape index (κ2) is 5.64. The molecule has 1 aromatic heterocycles. The topological polar surface area (TPSA) is 50.4 Å². The van der Waals surface area contributed by atoms with Gasteiger partial charge in [-0.1, -0.05) is 48.5 Å². The second-order valence-corrected chi connectivity index (χ2v) is 6.22. The predicted molar refractivity (Wildman–Crippen MR) is 96.0 cm³/mol. The molecular formula is C20H19N3O. The van der Waals surface area contributed by atoms with Crippen molar-refractivity contribution in [3.05, 3.63) is 65.9 Å². The van der Waals surface area contributed by atoms with Crippen LogP contribution in [0.1, 0.15) is 30.6 Å². The van der Waals surface area contributed by atoms with Crippen molar-refractivity contribution < 1.29 is 5.11 Å². The molecule has 0 saturated heterocycles. The van der Waals surface area contributed by atoms with Crippen molar-refractivity contribution in [2.24, 2.45) is 4.99 Å². The first-order chi connectivity index (χ1) is 11.6. The zero-order valence-electron chi connectivity index (χ0n) is 13.8. The van der Waals surface area contributed by atoms with E-state index in [2.05, 4.69) is 12.1 Å². The van der Waals surface area contributed by atoms with Gasteiger partial charge in [-0.3, -0.25) is 0 Å². The molecule has 0 spiro atoms. The van der Waals surface area contributed by atoms with Crippen molar-refractivity contribution >= 4 is 11.5 Å². The molecule has 1 aliphatic rings. The van der Waals surface area contributed by atoms with Gasteiger partial charge in [-0.25, -0.2) is 9.67 Å². The molecule has 2 aromatic carbocycles. The molecule has 4 nitrogen and oxygen atoms in total. The van der Waals surface area contributed by atoms with E-state index in [9.17, 15) is 5.11 Å². The third-order valence-corrected chi connectivity index (χ3v) is 4.50. The maximum Gasteiger partial charge on any atom is 0.159 e. The number of fused-ring (bicyclic) bond motifs is 1. The van der Waals surface area contributed by atoms with Crippen LogP contribution in [0.15, 0.2) is 59.6 Å². The van der Waals surface area contributed by atoms with Crippen LogP contribution in [0.4, 0.5) is 5.82 Å². The molecule has 0 bridgehead atoms. The lowest BCUT2D eigenvalue weighted by Crippen LogP contribution is -2.19. The average Bonchev–Trinajstić information content (AvgIpc) is 2.91. The van der Waals surface area contributed by atoms with Crippen LogP contribution in [0.2, 0.25) is 0 Å². The molecule has 2 heterocycles. The Balaban J connectivity index is 1.92. The van der Waals surface area contributed by atoms with E-state index in [0.717, 1.165) is 40.3 Å². The quantitative estimate of drug-likeness (QED) is 0.748. The average molecular weight is 317 g/mol. The van der Waals surface area contributed by atoms with E-state index in [4.69, 9.17) is 10.1 Å². The maximum atomic E-state index is 10.3. The van der Waals surface area contributed by atoms with Crippen LogP contribution in [0.25, 0.3) is 11.1 Å². The van der Waals surface area contributed by atoms with Crippen molar-refractivity contribution in [1.82, 2.24) is 9.78 Å². The molecule has 24 heavy (non-hydrogen) atoms. The smallest absolute Gasteiger partial charge is 0.159 e. The number of benzene rings is 2. The molecule has 4 rings (SSSR count). The number of para-hydroxylation sites is 1. The van der Waals surface area contributed by atoms with Gasteiger partial charge in [-0.15, -0.1) is 0 Å². The monoisotopic (exact) mass is 317 g/mol. The van der Waals surface area contributed by atoms with Gasteiger partial charge in [-0.05, 0) is 25.5 Å². The Morgan fingerprint density at radius 3 is 2.46 bits per heavy atom. The number of hydrogen-bond donors (Lipinski definition) is 1. The van der Waals surface area contributed by atoms with Crippen molar-refractivity contribution in [2.45, 2.75) is 26.3 Å². The number of phenolic OH excluding ortho intramolecular Hbond substituents is 1. The highest BCUT2D eigenvalue weighted by Crippen LogP contribution is 2.42. The van der Waals surface area contributed by atoms with Crippen molar-refractivity contribution in [2.75, 3.05) is 0 Å². The first-order valence-electron chi connectivity index (χ1n) is 8.11. The number of aryl methyl sites for hydroxylation is 1. The Labute approximate surface area is 141 Å². The van der Waals surface area contributed by atoms with Gasteiger partial charge in [0.25, 0.3) is 0 Å². The van der Waals surface area contributed by atoms with Gasteiger partial charge in [0.1, 0.15) is 5.75 Å². The minimum Gasteiger partial charge on any atom is -0.508 e. The van der Waals surface area contributed by atoms with Gasteiger partial charge in [0.15, 0.2) is 5.82 Å². The van der Waals surface area contributed by atoms with E-state index in [0.29, 0.717) is 5.75 Å². The molecule has 0 fully saturated rings. The van der Waals surface area contributed by atoms with Crippen molar-refractivity contribution in [1.29, 1.82) is 0 Å². The zero-order chi connectivity index (χ0) is 16.7. The Morgan fingerprint density at radius 1 is 1.00 bits per heavy atom. The molecule has 4 heteroatoms. The Kier molecular flexibility index (Phi) is 3.45. The second-order valence-electron chi connectivity index (χ2n) is 6.22. The normalized spacial score (nSPS) is 16.6. The van der Waals surface area contributed by atoms with Crippen LogP contribution < -0.4 is 0 Å². The van der Waals surface area contributed by atoms with Gasteiger partial charge >= 0.3 is 0 Å². The largest absolute Gasteiger partial charge is 0.508 e. The van der Waals surface area contributed by atoms with Gasteiger partial charge in [0.05, 0.1) is 11.7 Å².